The molecule has 5 heteroatoms. The molecule has 0 radical (unpaired) electrons. The van der Waals surface area contributed by atoms with Crippen LogP contribution in [-0.2, 0) is 4.74 Å². The van der Waals surface area contributed by atoms with Crippen LogP contribution in [-0.4, -0.2) is 62.1 Å². The Labute approximate surface area is 132 Å². The Bertz CT molecular complexity index is 545. The number of rotatable bonds is 6. The minimum absolute atomic E-state index is 0.0329. The van der Waals surface area contributed by atoms with Gasteiger partial charge in [-0.1, -0.05) is 6.07 Å². The van der Waals surface area contributed by atoms with Crippen LogP contribution >= 0.6 is 0 Å². The van der Waals surface area contributed by atoms with E-state index in [1.165, 1.54) is 0 Å². The normalized spacial score (nSPS) is 17.5. The molecule has 22 heavy (non-hydrogen) atoms. The Balaban J connectivity index is 2.10. The van der Waals surface area contributed by atoms with Crippen molar-refractivity contribution in [3.05, 3.63) is 35.4 Å². The highest BCUT2D eigenvalue weighted by atomic mass is 16.5. The minimum Gasteiger partial charge on any atom is -0.376 e. The van der Waals surface area contributed by atoms with Gasteiger partial charge in [0.25, 0.3) is 5.91 Å². The lowest BCUT2D eigenvalue weighted by Gasteiger charge is -2.27. The summed E-state index contributed by atoms with van der Waals surface area (Å²) >= 11 is 0. The van der Waals surface area contributed by atoms with Crippen LogP contribution in [0.1, 0.15) is 28.8 Å². The number of amides is 1. The molecule has 0 aromatic heterocycles. The molecule has 2 rings (SSSR count). The molecule has 1 amide bonds. The first-order valence-corrected chi connectivity index (χ1v) is 7.66. The van der Waals surface area contributed by atoms with Crippen molar-refractivity contribution in [3.63, 3.8) is 0 Å². The van der Waals surface area contributed by atoms with Crippen molar-refractivity contribution in [2.75, 3.05) is 40.3 Å². The van der Waals surface area contributed by atoms with Crippen LogP contribution in [0.4, 0.5) is 0 Å². The van der Waals surface area contributed by atoms with E-state index in [1.807, 2.05) is 19.0 Å². The summed E-state index contributed by atoms with van der Waals surface area (Å²) in [6.07, 6.45) is 2.19. The number of hydrogen-bond acceptors (Lipinski definition) is 4. The van der Waals surface area contributed by atoms with Crippen molar-refractivity contribution >= 4 is 5.91 Å². The maximum absolute atomic E-state index is 12.8. The molecule has 1 fully saturated rings. The third-order valence-corrected chi connectivity index (χ3v) is 3.79. The van der Waals surface area contributed by atoms with Crippen LogP contribution in [0.15, 0.2) is 24.3 Å². The van der Waals surface area contributed by atoms with Gasteiger partial charge < -0.3 is 14.5 Å². The average Bonchev–Trinajstić information content (AvgIpc) is 3.03. The van der Waals surface area contributed by atoms with Gasteiger partial charge in [0, 0.05) is 31.8 Å². The first-order chi connectivity index (χ1) is 10.6. The maximum atomic E-state index is 12.8. The number of benzene rings is 1. The zero-order chi connectivity index (χ0) is 15.9. The molecule has 0 bridgehead atoms. The summed E-state index contributed by atoms with van der Waals surface area (Å²) in [5.74, 6) is -0.0329. The summed E-state index contributed by atoms with van der Waals surface area (Å²) in [5.41, 5.74) is 1.08. The van der Waals surface area contributed by atoms with E-state index in [-0.39, 0.29) is 12.0 Å². The van der Waals surface area contributed by atoms with Gasteiger partial charge in [0.1, 0.15) is 0 Å². The molecule has 1 saturated heterocycles. The fourth-order valence-electron chi connectivity index (χ4n) is 2.53. The van der Waals surface area contributed by atoms with Crippen molar-refractivity contribution < 1.29 is 9.53 Å². The summed E-state index contributed by atoms with van der Waals surface area (Å²) in [5, 5.41) is 8.99. The largest absolute Gasteiger partial charge is 0.376 e. The van der Waals surface area contributed by atoms with Crippen molar-refractivity contribution in [2.45, 2.75) is 18.9 Å². The van der Waals surface area contributed by atoms with Crippen molar-refractivity contribution in [3.8, 4) is 6.07 Å². The fraction of sp³-hybridized carbons (Fsp3) is 0.529. The van der Waals surface area contributed by atoms with Gasteiger partial charge in [-0.05, 0) is 45.1 Å². The van der Waals surface area contributed by atoms with Gasteiger partial charge in [-0.3, -0.25) is 4.79 Å². The van der Waals surface area contributed by atoms with Crippen molar-refractivity contribution in [1.82, 2.24) is 9.80 Å². The average molecular weight is 301 g/mol. The second kappa shape index (κ2) is 7.92. The Morgan fingerprint density at radius 1 is 1.41 bits per heavy atom. The van der Waals surface area contributed by atoms with Gasteiger partial charge in [-0.25, -0.2) is 0 Å². The van der Waals surface area contributed by atoms with Crippen molar-refractivity contribution in [2.24, 2.45) is 0 Å². The molecule has 0 unspecified atom stereocenters. The van der Waals surface area contributed by atoms with Crippen LogP contribution < -0.4 is 0 Å². The molecule has 5 nitrogen and oxygen atoms in total. The predicted octanol–water partition coefficient (Wildman–Crippen LogP) is 1.74. The van der Waals surface area contributed by atoms with E-state index in [0.29, 0.717) is 24.2 Å². The summed E-state index contributed by atoms with van der Waals surface area (Å²) in [6, 6.07) is 8.96. The lowest BCUT2D eigenvalue weighted by atomic mass is 10.1. The highest BCUT2D eigenvalue weighted by Gasteiger charge is 2.23. The number of ether oxygens (including phenoxy) is 1. The monoisotopic (exact) mass is 301 g/mol. The minimum atomic E-state index is -0.0329. The van der Waals surface area contributed by atoms with E-state index in [9.17, 15) is 4.79 Å². The first kappa shape index (κ1) is 16.5. The predicted molar refractivity (Wildman–Crippen MR) is 84.6 cm³/mol. The van der Waals surface area contributed by atoms with Gasteiger partial charge in [0.15, 0.2) is 0 Å². The van der Waals surface area contributed by atoms with Gasteiger partial charge in [0.05, 0.1) is 17.7 Å². The van der Waals surface area contributed by atoms with Gasteiger partial charge in [-0.15, -0.1) is 0 Å². The Morgan fingerprint density at radius 3 is 2.86 bits per heavy atom. The smallest absolute Gasteiger partial charge is 0.254 e. The van der Waals surface area contributed by atoms with Gasteiger partial charge in [0.2, 0.25) is 0 Å². The molecule has 1 aliphatic rings. The van der Waals surface area contributed by atoms with Crippen LogP contribution in [0.2, 0.25) is 0 Å². The standard InChI is InChI=1S/C17H23N3O2/c1-19(2)8-9-20(13-16-7-4-10-22-16)17(21)15-6-3-5-14(11-15)12-18/h3,5-6,11,16H,4,7-10,13H2,1-2H3/t16-/m0/s1. The van der Waals surface area contributed by atoms with E-state index >= 15 is 0 Å². The molecule has 1 heterocycles. The quantitative estimate of drug-likeness (QED) is 0.803. The van der Waals surface area contributed by atoms with Gasteiger partial charge >= 0.3 is 0 Å². The Hall–Kier alpha value is -1.90. The van der Waals surface area contributed by atoms with Crippen LogP contribution in [0.3, 0.4) is 0 Å². The SMILES string of the molecule is CN(C)CCN(C[C@@H]1CCCO1)C(=O)c1cccc(C#N)c1. The number of carbonyl (C=O) groups excluding carboxylic acids is 1. The third-order valence-electron chi connectivity index (χ3n) is 3.79. The highest BCUT2D eigenvalue weighted by Crippen LogP contribution is 2.15. The van der Waals surface area contributed by atoms with E-state index in [4.69, 9.17) is 10.00 Å². The summed E-state index contributed by atoms with van der Waals surface area (Å²) in [7, 11) is 3.98. The highest BCUT2D eigenvalue weighted by molar-refractivity contribution is 5.94. The van der Waals surface area contributed by atoms with E-state index in [1.54, 1.807) is 24.3 Å². The Morgan fingerprint density at radius 2 is 2.23 bits per heavy atom. The molecule has 0 aliphatic carbocycles. The number of carbonyl (C=O) groups is 1. The number of hydrogen-bond donors (Lipinski definition) is 0. The summed E-state index contributed by atoms with van der Waals surface area (Å²) in [6.45, 7) is 2.85. The van der Waals surface area contributed by atoms with Crippen molar-refractivity contribution in [1.29, 1.82) is 5.26 Å². The van der Waals surface area contributed by atoms with E-state index in [0.717, 1.165) is 26.0 Å². The maximum Gasteiger partial charge on any atom is 0.254 e. The zero-order valence-corrected chi connectivity index (χ0v) is 13.3. The Kier molecular flexibility index (Phi) is 5.93. The van der Waals surface area contributed by atoms with Crippen LogP contribution in [0, 0.1) is 11.3 Å². The number of nitrogens with zero attached hydrogens (tertiary/aromatic N) is 3. The second-order valence-corrected chi connectivity index (χ2v) is 5.88. The third kappa shape index (κ3) is 4.55. The first-order valence-electron chi connectivity index (χ1n) is 7.66. The molecule has 118 valence electrons. The van der Waals surface area contributed by atoms with Crippen LogP contribution in [0.25, 0.3) is 0 Å². The molecule has 0 spiro atoms. The molecular weight excluding hydrogens is 278 g/mol. The fourth-order valence-corrected chi connectivity index (χ4v) is 2.53. The lowest BCUT2D eigenvalue weighted by molar-refractivity contribution is 0.0512. The molecule has 0 saturated carbocycles. The number of likely N-dealkylation sites (N-methyl/N-ethyl adjacent to an activating group) is 1. The molecule has 1 aromatic rings. The lowest BCUT2D eigenvalue weighted by Crippen LogP contribution is -2.41. The number of nitriles is 1. The van der Waals surface area contributed by atoms with Crippen LogP contribution in [0.5, 0.6) is 0 Å². The summed E-state index contributed by atoms with van der Waals surface area (Å²) in [4.78, 5) is 16.7. The molecule has 1 aliphatic heterocycles. The zero-order valence-electron chi connectivity index (χ0n) is 13.3. The molecule has 1 aromatic carbocycles. The topological polar surface area (TPSA) is 56.6 Å². The second-order valence-electron chi connectivity index (χ2n) is 5.88. The van der Waals surface area contributed by atoms with Gasteiger partial charge in [-0.2, -0.15) is 5.26 Å². The van der Waals surface area contributed by atoms with E-state index in [2.05, 4.69) is 11.0 Å². The van der Waals surface area contributed by atoms with E-state index < -0.39 is 0 Å². The molecule has 1 atom stereocenters. The summed E-state index contributed by atoms with van der Waals surface area (Å²) < 4.78 is 5.66. The molecular formula is C17H23N3O2. The molecule has 0 N–H and O–H groups in total.